The maximum absolute atomic E-state index is 8.74. The summed E-state index contributed by atoms with van der Waals surface area (Å²) >= 11 is 6.08. The molecule has 0 N–H and O–H groups in total. The third kappa shape index (κ3) is 1.77. The van der Waals surface area contributed by atoms with Gasteiger partial charge in [0, 0.05) is 0 Å². The Balaban J connectivity index is 2.57. The highest BCUT2D eigenvalue weighted by atomic mass is 35.5. The summed E-state index contributed by atoms with van der Waals surface area (Å²) < 4.78 is 1.67. The molecule has 0 aliphatic heterocycles. The van der Waals surface area contributed by atoms with E-state index in [1.165, 1.54) is 0 Å². The molecule has 0 spiro atoms. The summed E-state index contributed by atoms with van der Waals surface area (Å²) in [5.74, 6) is 1.46. The number of aromatic nitrogens is 3. The van der Waals surface area contributed by atoms with E-state index in [0.717, 1.165) is 11.5 Å². The Morgan fingerprint density at radius 2 is 2.12 bits per heavy atom. The molecule has 0 saturated carbocycles. The van der Waals surface area contributed by atoms with E-state index in [1.54, 1.807) is 22.9 Å². The fourth-order valence-corrected chi connectivity index (χ4v) is 1.76. The van der Waals surface area contributed by atoms with Gasteiger partial charge in [-0.3, -0.25) is 0 Å². The lowest BCUT2D eigenvalue weighted by molar-refractivity contribution is 0.831. The van der Waals surface area contributed by atoms with E-state index in [9.17, 15) is 0 Å². The number of nitrogens with zero attached hydrogens (tertiary/aromatic N) is 4. The first kappa shape index (κ1) is 10.7. The molecule has 1 heterocycles. The third-order valence-electron chi connectivity index (χ3n) is 2.18. The van der Waals surface area contributed by atoms with Gasteiger partial charge in [-0.25, -0.2) is 9.67 Å². The van der Waals surface area contributed by atoms with E-state index in [2.05, 4.69) is 10.1 Å². The van der Waals surface area contributed by atoms with Gasteiger partial charge in [-0.2, -0.15) is 10.4 Å². The van der Waals surface area contributed by atoms with Gasteiger partial charge in [0.05, 0.1) is 22.3 Å². The van der Waals surface area contributed by atoms with Crippen LogP contribution in [0, 0.1) is 25.2 Å². The Morgan fingerprint density at radius 1 is 1.38 bits per heavy atom. The van der Waals surface area contributed by atoms with Crippen molar-refractivity contribution in [2.24, 2.45) is 0 Å². The molecule has 1 aromatic carbocycles. The summed E-state index contributed by atoms with van der Waals surface area (Å²) in [5, 5.41) is 13.5. The summed E-state index contributed by atoms with van der Waals surface area (Å²) in [6.45, 7) is 3.68. The van der Waals surface area contributed by atoms with E-state index < -0.39 is 0 Å². The zero-order chi connectivity index (χ0) is 11.7. The largest absolute Gasteiger partial charge is 0.217 e. The van der Waals surface area contributed by atoms with Gasteiger partial charge in [-0.15, -0.1) is 0 Å². The molecule has 5 heteroatoms. The van der Waals surface area contributed by atoms with Gasteiger partial charge in [0.1, 0.15) is 11.6 Å². The van der Waals surface area contributed by atoms with Gasteiger partial charge < -0.3 is 0 Å². The van der Waals surface area contributed by atoms with Crippen LogP contribution in [-0.4, -0.2) is 14.8 Å². The van der Waals surface area contributed by atoms with Crippen LogP contribution in [0.25, 0.3) is 5.69 Å². The van der Waals surface area contributed by atoms with Gasteiger partial charge in [-0.05, 0) is 32.0 Å². The number of aryl methyl sites for hydroxylation is 2. The normalized spacial score (nSPS) is 10.1. The summed E-state index contributed by atoms with van der Waals surface area (Å²) in [7, 11) is 0. The summed E-state index contributed by atoms with van der Waals surface area (Å²) in [6, 6.07) is 7.13. The van der Waals surface area contributed by atoms with Crippen molar-refractivity contribution in [1.82, 2.24) is 14.8 Å². The van der Waals surface area contributed by atoms with Gasteiger partial charge in [0.25, 0.3) is 0 Å². The van der Waals surface area contributed by atoms with Crippen molar-refractivity contribution in [3.05, 3.63) is 40.4 Å². The highest BCUT2D eigenvalue weighted by molar-refractivity contribution is 6.32. The molecule has 0 saturated heterocycles. The second-order valence-electron chi connectivity index (χ2n) is 3.40. The van der Waals surface area contributed by atoms with Crippen molar-refractivity contribution in [2.45, 2.75) is 13.8 Å². The van der Waals surface area contributed by atoms with Crippen molar-refractivity contribution in [3.8, 4) is 11.8 Å². The molecule has 0 aliphatic rings. The molecule has 0 bridgehead atoms. The first-order chi connectivity index (χ1) is 7.61. The van der Waals surface area contributed by atoms with Crippen LogP contribution in [0.2, 0.25) is 5.02 Å². The molecule has 2 rings (SSSR count). The van der Waals surface area contributed by atoms with Crippen LogP contribution in [0.1, 0.15) is 17.2 Å². The highest BCUT2D eigenvalue weighted by Crippen LogP contribution is 2.22. The molecule has 0 amide bonds. The SMILES string of the molecule is Cc1nc(C)n(-c2ccc(C#N)cc2Cl)n1. The number of hydrogen-bond acceptors (Lipinski definition) is 3. The fourth-order valence-electron chi connectivity index (χ4n) is 1.50. The standard InChI is InChI=1S/C11H9ClN4/c1-7-14-8(2)16(15-7)11-4-3-9(6-13)5-10(11)12/h3-5H,1-2H3. The lowest BCUT2D eigenvalue weighted by Gasteiger charge is -2.05. The number of hydrogen-bond donors (Lipinski definition) is 0. The van der Waals surface area contributed by atoms with Crippen molar-refractivity contribution < 1.29 is 0 Å². The van der Waals surface area contributed by atoms with Crippen LogP contribution in [-0.2, 0) is 0 Å². The molecule has 4 nitrogen and oxygen atoms in total. The molecule has 0 radical (unpaired) electrons. The second-order valence-corrected chi connectivity index (χ2v) is 3.80. The number of halogens is 1. The third-order valence-corrected chi connectivity index (χ3v) is 2.48. The number of nitriles is 1. The van der Waals surface area contributed by atoms with Gasteiger partial charge in [0.15, 0.2) is 0 Å². The predicted molar refractivity (Wildman–Crippen MR) is 60.6 cm³/mol. The minimum Gasteiger partial charge on any atom is -0.217 e. The lowest BCUT2D eigenvalue weighted by atomic mass is 10.2. The zero-order valence-electron chi connectivity index (χ0n) is 8.90. The van der Waals surface area contributed by atoms with Crippen LogP contribution in [0.5, 0.6) is 0 Å². The van der Waals surface area contributed by atoms with Gasteiger partial charge >= 0.3 is 0 Å². The van der Waals surface area contributed by atoms with Crippen molar-refractivity contribution >= 4 is 11.6 Å². The van der Waals surface area contributed by atoms with E-state index >= 15 is 0 Å². The molecule has 0 unspecified atom stereocenters. The molecule has 80 valence electrons. The van der Waals surface area contributed by atoms with Crippen LogP contribution >= 0.6 is 11.6 Å². The monoisotopic (exact) mass is 232 g/mol. The zero-order valence-corrected chi connectivity index (χ0v) is 9.65. The molecular weight excluding hydrogens is 224 g/mol. The fraction of sp³-hybridized carbons (Fsp3) is 0.182. The van der Waals surface area contributed by atoms with E-state index in [1.807, 2.05) is 19.9 Å². The van der Waals surface area contributed by atoms with Crippen LogP contribution < -0.4 is 0 Å². The van der Waals surface area contributed by atoms with Crippen molar-refractivity contribution in [2.75, 3.05) is 0 Å². The van der Waals surface area contributed by atoms with Crippen LogP contribution in [0.3, 0.4) is 0 Å². The average molecular weight is 233 g/mol. The number of benzene rings is 1. The summed E-state index contributed by atoms with van der Waals surface area (Å²) in [5.41, 5.74) is 1.27. The summed E-state index contributed by atoms with van der Waals surface area (Å²) in [6.07, 6.45) is 0. The molecule has 0 fully saturated rings. The van der Waals surface area contributed by atoms with Crippen molar-refractivity contribution in [1.29, 1.82) is 5.26 Å². The smallest absolute Gasteiger partial charge is 0.148 e. The Hall–Kier alpha value is -1.86. The van der Waals surface area contributed by atoms with Crippen LogP contribution in [0.15, 0.2) is 18.2 Å². The average Bonchev–Trinajstić information content (AvgIpc) is 2.57. The topological polar surface area (TPSA) is 54.5 Å². The maximum Gasteiger partial charge on any atom is 0.148 e. The second kappa shape index (κ2) is 3.95. The van der Waals surface area contributed by atoms with Crippen molar-refractivity contribution in [3.63, 3.8) is 0 Å². The predicted octanol–water partition coefficient (Wildman–Crippen LogP) is 2.41. The van der Waals surface area contributed by atoms with E-state index in [-0.39, 0.29) is 0 Å². The molecular formula is C11H9ClN4. The number of rotatable bonds is 1. The Bertz CT molecular complexity index is 580. The summed E-state index contributed by atoms with van der Waals surface area (Å²) in [4.78, 5) is 4.20. The van der Waals surface area contributed by atoms with E-state index in [0.29, 0.717) is 16.4 Å². The first-order valence-electron chi connectivity index (χ1n) is 4.72. The minimum atomic E-state index is 0.493. The molecule has 2 aromatic rings. The van der Waals surface area contributed by atoms with Gasteiger partial charge in [0.2, 0.25) is 0 Å². The highest BCUT2D eigenvalue weighted by Gasteiger charge is 2.09. The quantitative estimate of drug-likeness (QED) is 0.759. The molecule has 0 atom stereocenters. The molecule has 1 aromatic heterocycles. The van der Waals surface area contributed by atoms with Gasteiger partial charge in [-0.1, -0.05) is 11.6 Å². The Labute approximate surface area is 98.1 Å². The Kier molecular flexibility index (Phi) is 2.63. The molecule has 16 heavy (non-hydrogen) atoms. The first-order valence-corrected chi connectivity index (χ1v) is 5.10. The Morgan fingerprint density at radius 3 is 2.62 bits per heavy atom. The lowest BCUT2D eigenvalue weighted by Crippen LogP contribution is -2.00. The minimum absolute atomic E-state index is 0.493. The molecule has 0 aliphatic carbocycles. The van der Waals surface area contributed by atoms with Crippen LogP contribution in [0.4, 0.5) is 0 Å². The maximum atomic E-state index is 8.74. The van der Waals surface area contributed by atoms with E-state index in [4.69, 9.17) is 16.9 Å².